The molecule has 2 aliphatic rings. The lowest BCUT2D eigenvalue weighted by atomic mass is 9.98. The van der Waals surface area contributed by atoms with Crippen molar-refractivity contribution in [3.8, 4) is 0 Å². The molecule has 11 atom stereocenters. The van der Waals surface area contributed by atoms with Crippen LogP contribution in [-0.4, -0.2) is 142 Å². The molecule has 0 saturated carbocycles. The molecule has 0 amide bonds. The van der Waals surface area contributed by atoms with E-state index in [-0.39, 0.29) is 19.6 Å². The molecule has 0 bridgehead atoms. The molecule has 0 radical (unpaired) electrons. The van der Waals surface area contributed by atoms with Gasteiger partial charge in [0.15, 0.2) is 12.6 Å². The van der Waals surface area contributed by atoms with Crippen LogP contribution in [0.2, 0.25) is 0 Å². The van der Waals surface area contributed by atoms with E-state index < -0.39 is 86.7 Å². The molecule has 53 heavy (non-hydrogen) atoms. The lowest BCUT2D eigenvalue weighted by Crippen LogP contribution is -2.61. The van der Waals surface area contributed by atoms with Crippen molar-refractivity contribution in [2.45, 2.75) is 184 Å². The molecule has 0 aromatic heterocycles. The van der Waals surface area contributed by atoms with Crippen LogP contribution in [0.3, 0.4) is 0 Å². The Kier molecular flexibility index (Phi) is 25.9. The van der Waals surface area contributed by atoms with Crippen LogP contribution in [0, 0.1) is 0 Å². The summed E-state index contributed by atoms with van der Waals surface area (Å²) in [5.41, 5.74) is 0. The minimum atomic E-state index is -1.70. The van der Waals surface area contributed by atoms with Gasteiger partial charge in [0.1, 0.15) is 54.9 Å². The maximum absolute atomic E-state index is 12.7. The van der Waals surface area contributed by atoms with Gasteiger partial charge in [0.25, 0.3) is 0 Å². The number of aliphatic hydroxyl groups excluding tert-OH is 7. The van der Waals surface area contributed by atoms with Crippen molar-refractivity contribution in [3.63, 3.8) is 0 Å². The third-order valence-electron chi connectivity index (χ3n) is 9.44. The van der Waals surface area contributed by atoms with Crippen LogP contribution in [0.4, 0.5) is 0 Å². The quantitative estimate of drug-likeness (QED) is 0.0332. The van der Waals surface area contributed by atoms with Crippen LogP contribution in [-0.2, 0) is 33.2 Å². The van der Waals surface area contributed by atoms with E-state index in [1.165, 1.54) is 19.3 Å². The number of carbonyl (C=O) groups excluding carboxylic acids is 1. The molecule has 0 aromatic carbocycles. The highest BCUT2D eigenvalue weighted by atomic mass is 16.7. The Balaban J connectivity index is 1.81. The van der Waals surface area contributed by atoms with E-state index >= 15 is 0 Å². The van der Waals surface area contributed by atoms with Crippen molar-refractivity contribution < 1.29 is 69.0 Å². The number of ether oxygens (including phenoxy) is 6. The smallest absolute Gasteiger partial charge is 0.306 e. The van der Waals surface area contributed by atoms with Crippen LogP contribution >= 0.6 is 0 Å². The summed E-state index contributed by atoms with van der Waals surface area (Å²) in [6.45, 7) is 3.46. The zero-order valence-electron chi connectivity index (χ0n) is 32.0. The lowest BCUT2D eigenvalue weighted by Gasteiger charge is -2.42. The van der Waals surface area contributed by atoms with Gasteiger partial charge in [-0.3, -0.25) is 4.79 Å². The van der Waals surface area contributed by atoms with Crippen LogP contribution in [0.15, 0.2) is 24.3 Å². The fourth-order valence-corrected chi connectivity index (χ4v) is 6.08. The monoisotopic (exact) mass is 762 g/mol. The summed E-state index contributed by atoms with van der Waals surface area (Å²) in [6.07, 6.45) is 8.81. The minimum absolute atomic E-state index is 0.0547. The summed E-state index contributed by atoms with van der Waals surface area (Å²) < 4.78 is 33.8. The third-order valence-corrected chi connectivity index (χ3v) is 9.44. The number of esters is 1. The fourth-order valence-electron chi connectivity index (χ4n) is 6.08. The first-order valence-corrected chi connectivity index (χ1v) is 19.9. The molecule has 0 aliphatic carbocycles. The summed E-state index contributed by atoms with van der Waals surface area (Å²) in [7, 11) is 0. The number of carbonyl (C=O) groups is 1. The summed E-state index contributed by atoms with van der Waals surface area (Å²) in [4.78, 5) is 12.7. The highest BCUT2D eigenvalue weighted by Gasteiger charge is 2.47. The van der Waals surface area contributed by atoms with Gasteiger partial charge in [-0.2, -0.15) is 0 Å². The van der Waals surface area contributed by atoms with E-state index in [1.807, 2.05) is 0 Å². The average Bonchev–Trinajstić information content (AvgIpc) is 3.15. The van der Waals surface area contributed by atoms with E-state index in [1.54, 1.807) is 0 Å². The topological polar surface area (TPSA) is 214 Å². The molecule has 2 rings (SSSR count). The number of allylic oxidation sites excluding steroid dienone is 4. The standard InChI is InChI=1S/C39H70O14/c1-3-5-7-9-10-11-12-13-14-15-16-17-19-21-23-48-25-28(51-31(41)22-20-18-8-6-4-2)26-49-38-37(47)35(45)33(43)30(53-38)27-50-39-36(46)34(44)32(42)29(24-40)52-39/h7,9,11-12,28-30,32-40,42-47H,3-6,8,10,13-27H2,1-2H3/b9-7-,12-11-. The first-order chi connectivity index (χ1) is 25.6. The molecule has 2 heterocycles. The predicted octanol–water partition coefficient (Wildman–Crippen LogP) is 2.95. The molecule has 2 fully saturated rings. The first-order valence-electron chi connectivity index (χ1n) is 19.9. The Morgan fingerprint density at radius 1 is 0.623 bits per heavy atom. The van der Waals surface area contributed by atoms with Crippen LogP contribution in [0.5, 0.6) is 0 Å². The summed E-state index contributed by atoms with van der Waals surface area (Å²) in [6, 6.07) is 0. The fraction of sp³-hybridized carbons (Fsp3) is 0.872. The molecular weight excluding hydrogens is 692 g/mol. The second kappa shape index (κ2) is 28.8. The van der Waals surface area contributed by atoms with Gasteiger partial charge >= 0.3 is 5.97 Å². The zero-order valence-corrected chi connectivity index (χ0v) is 32.0. The highest BCUT2D eigenvalue weighted by Crippen LogP contribution is 2.26. The second-order valence-corrected chi connectivity index (χ2v) is 14.1. The maximum atomic E-state index is 12.7. The van der Waals surface area contributed by atoms with Gasteiger partial charge in [0.2, 0.25) is 0 Å². The summed E-state index contributed by atoms with van der Waals surface area (Å²) in [5.74, 6) is -0.395. The van der Waals surface area contributed by atoms with Crippen LogP contribution < -0.4 is 0 Å². The van der Waals surface area contributed by atoms with Gasteiger partial charge < -0.3 is 64.2 Å². The number of aliphatic hydroxyl groups is 7. The zero-order chi connectivity index (χ0) is 38.8. The van der Waals surface area contributed by atoms with Crippen LogP contribution in [0.25, 0.3) is 0 Å². The Labute approximate surface area is 316 Å². The molecule has 7 N–H and O–H groups in total. The van der Waals surface area contributed by atoms with Gasteiger partial charge in [0.05, 0.1) is 26.4 Å². The van der Waals surface area contributed by atoms with E-state index in [4.69, 9.17) is 28.4 Å². The summed E-state index contributed by atoms with van der Waals surface area (Å²) >= 11 is 0. The third kappa shape index (κ3) is 18.8. The molecule has 11 unspecified atom stereocenters. The normalized spacial score (nSPS) is 30.0. The van der Waals surface area contributed by atoms with Crippen molar-refractivity contribution >= 4 is 5.97 Å². The first kappa shape index (κ1) is 47.6. The van der Waals surface area contributed by atoms with Crippen molar-refractivity contribution in [2.24, 2.45) is 0 Å². The minimum Gasteiger partial charge on any atom is -0.457 e. The van der Waals surface area contributed by atoms with Crippen molar-refractivity contribution in [2.75, 3.05) is 33.0 Å². The SMILES string of the molecule is CCC/C=C\C/C=C\CCCCCCCCOCC(COC1OC(COC2OC(CO)C(O)C(O)C2O)C(O)C(O)C1O)OC(=O)CCCCCCC. The summed E-state index contributed by atoms with van der Waals surface area (Å²) in [5, 5.41) is 71.4. The Morgan fingerprint density at radius 2 is 1.21 bits per heavy atom. The van der Waals surface area contributed by atoms with Gasteiger partial charge in [-0.05, 0) is 38.5 Å². The van der Waals surface area contributed by atoms with Crippen molar-refractivity contribution in [1.82, 2.24) is 0 Å². The highest BCUT2D eigenvalue weighted by molar-refractivity contribution is 5.69. The number of hydrogen-bond donors (Lipinski definition) is 7. The molecule has 2 aliphatic heterocycles. The second-order valence-electron chi connectivity index (χ2n) is 14.1. The van der Waals surface area contributed by atoms with Gasteiger partial charge in [-0.25, -0.2) is 0 Å². The lowest BCUT2D eigenvalue weighted by molar-refractivity contribution is -0.332. The van der Waals surface area contributed by atoms with Crippen molar-refractivity contribution in [1.29, 1.82) is 0 Å². The molecule has 0 aromatic rings. The molecule has 0 spiro atoms. The predicted molar refractivity (Wildman–Crippen MR) is 197 cm³/mol. The Bertz CT molecular complexity index is 980. The molecule has 310 valence electrons. The van der Waals surface area contributed by atoms with Gasteiger partial charge in [-0.1, -0.05) is 95.9 Å². The molecule has 14 nitrogen and oxygen atoms in total. The van der Waals surface area contributed by atoms with Gasteiger partial charge in [-0.15, -0.1) is 0 Å². The average molecular weight is 763 g/mol. The Hall–Kier alpha value is -1.53. The van der Waals surface area contributed by atoms with E-state index in [0.717, 1.165) is 70.6 Å². The molecular formula is C39H70O14. The number of hydrogen-bond acceptors (Lipinski definition) is 14. The number of rotatable bonds is 29. The van der Waals surface area contributed by atoms with E-state index in [0.29, 0.717) is 13.0 Å². The largest absolute Gasteiger partial charge is 0.457 e. The maximum Gasteiger partial charge on any atom is 0.306 e. The number of unbranched alkanes of at least 4 members (excludes halogenated alkanes) is 11. The van der Waals surface area contributed by atoms with E-state index in [2.05, 4.69) is 38.2 Å². The Morgan fingerprint density at radius 3 is 1.89 bits per heavy atom. The van der Waals surface area contributed by atoms with Crippen LogP contribution in [0.1, 0.15) is 117 Å². The molecule has 14 heteroatoms. The van der Waals surface area contributed by atoms with Crippen molar-refractivity contribution in [3.05, 3.63) is 24.3 Å². The molecule has 2 saturated heterocycles. The van der Waals surface area contributed by atoms with E-state index in [9.17, 15) is 40.5 Å². The van der Waals surface area contributed by atoms with Gasteiger partial charge in [0, 0.05) is 13.0 Å².